The van der Waals surface area contributed by atoms with E-state index < -0.39 is 0 Å². The van der Waals surface area contributed by atoms with Gasteiger partial charge in [-0.2, -0.15) is 4.37 Å². The van der Waals surface area contributed by atoms with Crippen LogP contribution in [0, 0.1) is 6.92 Å². The third-order valence-corrected chi connectivity index (χ3v) is 7.84. The summed E-state index contributed by atoms with van der Waals surface area (Å²) in [6.45, 7) is 2.46. The van der Waals surface area contributed by atoms with Gasteiger partial charge in [0, 0.05) is 28.7 Å². The van der Waals surface area contributed by atoms with Crippen molar-refractivity contribution in [3.8, 4) is 5.75 Å². The molecule has 0 radical (unpaired) electrons. The number of aromatic nitrogens is 1. The molecule has 6 nitrogen and oxygen atoms in total. The topological polar surface area (TPSA) is 71.5 Å². The van der Waals surface area contributed by atoms with E-state index in [0.29, 0.717) is 23.5 Å². The van der Waals surface area contributed by atoms with Crippen molar-refractivity contribution in [3.63, 3.8) is 0 Å². The van der Waals surface area contributed by atoms with Crippen molar-refractivity contribution in [2.45, 2.75) is 19.5 Å². The fraction of sp³-hybridized carbons (Fsp3) is 0.129. The summed E-state index contributed by atoms with van der Waals surface area (Å²) in [5.74, 6) is 0.402. The van der Waals surface area contributed by atoms with Gasteiger partial charge in [0.1, 0.15) is 11.4 Å². The van der Waals surface area contributed by atoms with Gasteiger partial charge in [-0.3, -0.25) is 9.59 Å². The Morgan fingerprint density at radius 1 is 0.974 bits per heavy atom. The Kier molecular flexibility index (Phi) is 6.13. The minimum absolute atomic E-state index is 0.0701. The van der Waals surface area contributed by atoms with E-state index >= 15 is 0 Å². The molecule has 2 amide bonds. The number of benzene rings is 4. The van der Waals surface area contributed by atoms with Crippen molar-refractivity contribution in [1.82, 2.24) is 9.27 Å². The highest BCUT2D eigenvalue weighted by molar-refractivity contribution is 7.13. The molecule has 5 aromatic rings. The van der Waals surface area contributed by atoms with Crippen LogP contribution in [0.4, 0.5) is 5.69 Å². The van der Waals surface area contributed by atoms with Crippen LogP contribution in [0.1, 0.15) is 49.1 Å². The molecule has 1 N–H and O–H groups in total. The lowest BCUT2D eigenvalue weighted by Gasteiger charge is -2.28. The van der Waals surface area contributed by atoms with Crippen LogP contribution >= 0.6 is 11.5 Å². The van der Waals surface area contributed by atoms with E-state index in [4.69, 9.17) is 4.74 Å². The minimum Gasteiger partial charge on any atom is -0.497 e. The van der Waals surface area contributed by atoms with E-state index in [1.807, 2.05) is 96.8 Å². The minimum atomic E-state index is -0.357. The number of ether oxygens (including phenoxy) is 1. The summed E-state index contributed by atoms with van der Waals surface area (Å²) in [5.41, 5.74) is 5.47. The highest BCUT2D eigenvalue weighted by Gasteiger charge is 2.40. The standard InChI is InChI=1S/C31H25N3O3S/c1-19-8-3-4-9-22(19)29-27-24(31(36)34(29)18-20-14-16-21(37-2)17-15-20)11-7-12-25(27)32-30(35)28-23-10-5-6-13-26(23)38-33-28/h3-17,29H,18H2,1-2H3,(H,32,35). The molecule has 0 fully saturated rings. The van der Waals surface area contributed by atoms with E-state index in [-0.39, 0.29) is 17.9 Å². The molecule has 6 rings (SSSR count). The molecule has 1 atom stereocenters. The Morgan fingerprint density at radius 2 is 1.74 bits per heavy atom. The van der Waals surface area contributed by atoms with Crippen LogP contribution in [0.25, 0.3) is 10.1 Å². The summed E-state index contributed by atoms with van der Waals surface area (Å²) >= 11 is 1.30. The number of aryl methyl sites for hydroxylation is 1. The summed E-state index contributed by atoms with van der Waals surface area (Å²) in [7, 11) is 1.63. The van der Waals surface area contributed by atoms with Crippen LogP contribution in [0.3, 0.4) is 0 Å². The summed E-state index contributed by atoms with van der Waals surface area (Å²) in [6, 6.07) is 28.7. The van der Waals surface area contributed by atoms with Crippen LogP contribution < -0.4 is 10.1 Å². The van der Waals surface area contributed by atoms with Gasteiger partial charge in [-0.1, -0.05) is 60.7 Å². The molecule has 188 valence electrons. The van der Waals surface area contributed by atoms with Gasteiger partial charge in [0.25, 0.3) is 11.8 Å². The van der Waals surface area contributed by atoms with Gasteiger partial charge in [-0.05, 0) is 65.5 Å². The van der Waals surface area contributed by atoms with Gasteiger partial charge in [0.2, 0.25) is 0 Å². The zero-order chi connectivity index (χ0) is 26.2. The van der Waals surface area contributed by atoms with Crippen molar-refractivity contribution >= 4 is 39.1 Å². The Labute approximate surface area is 224 Å². The third-order valence-electron chi connectivity index (χ3n) is 7.02. The number of amides is 2. The fourth-order valence-corrected chi connectivity index (χ4v) is 5.90. The van der Waals surface area contributed by atoms with Gasteiger partial charge in [0.05, 0.1) is 17.9 Å². The maximum Gasteiger partial charge on any atom is 0.276 e. The Bertz CT molecular complexity index is 1680. The molecule has 0 bridgehead atoms. The van der Waals surface area contributed by atoms with Crippen LogP contribution in [-0.2, 0) is 6.54 Å². The molecule has 0 saturated heterocycles. The monoisotopic (exact) mass is 519 g/mol. The predicted molar refractivity (Wildman–Crippen MR) is 150 cm³/mol. The first-order valence-electron chi connectivity index (χ1n) is 12.3. The average molecular weight is 520 g/mol. The molecule has 7 heteroatoms. The smallest absolute Gasteiger partial charge is 0.276 e. The highest BCUT2D eigenvalue weighted by atomic mass is 32.1. The van der Waals surface area contributed by atoms with E-state index in [1.165, 1.54) is 11.5 Å². The first-order valence-corrected chi connectivity index (χ1v) is 13.1. The van der Waals surface area contributed by atoms with E-state index in [9.17, 15) is 9.59 Å². The number of nitrogens with zero attached hydrogens (tertiary/aromatic N) is 2. The lowest BCUT2D eigenvalue weighted by Crippen LogP contribution is -2.29. The predicted octanol–water partition coefficient (Wildman–Crippen LogP) is 6.61. The number of hydrogen-bond donors (Lipinski definition) is 1. The molecule has 1 aliphatic heterocycles. The molecular weight excluding hydrogens is 494 g/mol. The zero-order valence-electron chi connectivity index (χ0n) is 21.0. The van der Waals surface area contributed by atoms with E-state index in [0.717, 1.165) is 38.1 Å². The lowest BCUT2D eigenvalue weighted by molar-refractivity contribution is 0.0735. The molecule has 1 aromatic heterocycles. The van der Waals surface area contributed by atoms with Crippen LogP contribution in [0.15, 0.2) is 91.0 Å². The van der Waals surface area contributed by atoms with Crippen molar-refractivity contribution in [2.75, 3.05) is 12.4 Å². The summed E-state index contributed by atoms with van der Waals surface area (Å²) in [6.07, 6.45) is 0. The molecule has 0 saturated carbocycles. The van der Waals surface area contributed by atoms with Gasteiger partial charge >= 0.3 is 0 Å². The second-order valence-electron chi connectivity index (χ2n) is 9.29. The number of carbonyl (C=O) groups is 2. The second kappa shape index (κ2) is 9.76. The maximum absolute atomic E-state index is 13.8. The molecule has 4 aromatic carbocycles. The Balaban J connectivity index is 1.42. The molecule has 0 spiro atoms. The quantitative estimate of drug-likeness (QED) is 0.274. The van der Waals surface area contributed by atoms with Gasteiger partial charge in [-0.25, -0.2) is 0 Å². The largest absolute Gasteiger partial charge is 0.497 e. The number of carbonyl (C=O) groups excluding carboxylic acids is 2. The first-order chi connectivity index (χ1) is 18.5. The normalized spacial score (nSPS) is 14.5. The number of rotatable bonds is 6. The third kappa shape index (κ3) is 4.11. The summed E-state index contributed by atoms with van der Waals surface area (Å²) in [4.78, 5) is 29.2. The maximum atomic E-state index is 13.8. The average Bonchev–Trinajstić information content (AvgIpc) is 3.49. The molecule has 1 aliphatic rings. The van der Waals surface area contributed by atoms with Crippen molar-refractivity contribution in [3.05, 3.63) is 125 Å². The van der Waals surface area contributed by atoms with E-state index in [1.54, 1.807) is 7.11 Å². The van der Waals surface area contributed by atoms with Gasteiger partial charge < -0.3 is 15.0 Å². The summed E-state index contributed by atoms with van der Waals surface area (Å²) < 4.78 is 10.7. The van der Waals surface area contributed by atoms with Crippen LogP contribution in [0.5, 0.6) is 5.75 Å². The number of anilines is 1. The molecule has 1 unspecified atom stereocenters. The van der Waals surface area contributed by atoms with Crippen LogP contribution in [0.2, 0.25) is 0 Å². The molecular formula is C31H25N3O3S. The Hall–Kier alpha value is -4.49. The number of nitrogens with one attached hydrogen (secondary N) is 1. The number of hydrogen-bond acceptors (Lipinski definition) is 5. The van der Waals surface area contributed by atoms with Crippen molar-refractivity contribution in [2.24, 2.45) is 0 Å². The lowest BCUT2D eigenvalue weighted by atomic mass is 9.93. The molecule has 2 heterocycles. The van der Waals surface area contributed by atoms with Crippen LogP contribution in [-0.4, -0.2) is 28.2 Å². The second-order valence-corrected chi connectivity index (χ2v) is 10.1. The van der Waals surface area contributed by atoms with Gasteiger partial charge in [-0.15, -0.1) is 0 Å². The SMILES string of the molecule is COc1ccc(CN2C(=O)c3cccc(NC(=O)c4nsc5ccccc45)c3C2c2ccccc2C)cc1. The first kappa shape index (κ1) is 23.9. The fourth-order valence-electron chi connectivity index (χ4n) is 5.12. The molecule has 0 aliphatic carbocycles. The van der Waals surface area contributed by atoms with E-state index in [2.05, 4.69) is 15.8 Å². The highest BCUT2D eigenvalue weighted by Crippen LogP contribution is 2.44. The number of fused-ring (bicyclic) bond motifs is 2. The molecule has 38 heavy (non-hydrogen) atoms. The summed E-state index contributed by atoms with van der Waals surface area (Å²) in [5, 5.41) is 3.90. The number of methoxy groups -OCH3 is 1. The zero-order valence-corrected chi connectivity index (χ0v) is 21.8. The van der Waals surface area contributed by atoms with Crippen molar-refractivity contribution in [1.29, 1.82) is 0 Å². The van der Waals surface area contributed by atoms with Gasteiger partial charge in [0.15, 0.2) is 0 Å². The Morgan fingerprint density at radius 3 is 2.53 bits per heavy atom. The van der Waals surface area contributed by atoms with Crippen molar-refractivity contribution < 1.29 is 14.3 Å².